The van der Waals surface area contributed by atoms with Crippen molar-refractivity contribution in [2.75, 3.05) is 0 Å². The highest BCUT2D eigenvalue weighted by atomic mass is 16.3. The summed E-state index contributed by atoms with van der Waals surface area (Å²) in [6.07, 6.45) is 8.41. The zero-order chi connectivity index (χ0) is 13.3. The first-order valence-corrected chi connectivity index (χ1v) is 6.76. The number of aryl methyl sites for hydroxylation is 1. The van der Waals surface area contributed by atoms with E-state index >= 15 is 0 Å². The third-order valence-corrected chi connectivity index (χ3v) is 4.12. The van der Waals surface area contributed by atoms with Crippen molar-refractivity contribution in [1.82, 2.24) is 9.97 Å². The highest BCUT2D eigenvalue weighted by Gasteiger charge is 2.38. The van der Waals surface area contributed by atoms with Crippen LogP contribution in [0, 0.1) is 0 Å². The predicted octanol–water partition coefficient (Wildman–Crippen LogP) is 2.80. The minimum Gasteiger partial charge on any atom is -0.385 e. The van der Waals surface area contributed by atoms with E-state index in [-0.39, 0.29) is 5.92 Å². The van der Waals surface area contributed by atoms with E-state index in [2.05, 4.69) is 16.0 Å². The molecule has 2 aromatic rings. The minimum absolute atomic E-state index is 0.0432. The molecule has 0 fully saturated rings. The molecule has 0 amide bonds. The summed E-state index contributed by atoms with van der Waals surface area (Å²) >= 11 is 0. The van der Waals surface area contributed by atoms with Crippen LogP contribution >= 0.6 is 0 Å². The summed E-state index contributed by atoms with van der Waals surface area (Å²) in [5.74, 6) is 0.0432. The molecule has 2 heterocycles. The Balaban J connectivity index is 2.03. The molecule has 19 heavy (non-hydrogen) atoms. The predicted molar refractivity (Wildman–Crippen MR) is 73.7 cm³/mol. The van der Waals surface area contributed by atoms with Crippen molar-refractivity contribution in [3.8, 4) is 0 Å². The van der Waals surface area contributed by atoms with Crippen molar-refractivity contribution < 1.29 is 5.11 Å². The quantitative estimate of drug-likeness (QED) is 0.896. The van der Waals surface area contributed by atoms with Crippen molar-refractivity contribution >= 4 is 0 Å². The monoisotopic (exact) mass is 254 g/mol. The number of aromatic nitrogens is 2. The SMILES string of the molecule is CC(O)(c1cccnc1)C1CCCc2cccnc21. The molecule has 3 nitrogen and oxygen atoms in total. The molecule has 3 rings (SSSR count). The van der Waals surface area contributed by atoms with Crippen molar-refractivity contribution in [3.63, 3.8) is 0 Å². The van der Waals surface area contributed by atoms with Gasteiger partial charge in [-0.25, -0.2) is 0 Å². The lowest BCUT2D eigenvalue weighted by Gasteiger charge is -2.36. The Kier molecular flexibility index (Phi) is 3.07. The van der Waals surface area contributed by atoms with Crippen LogP contribution in [-0.2, 0) is 12.0 Å². The van der Waals surface area contributed by atoms with Crippen molar-refractivity contribution in [1.29, 1.82) is 0 Å². The molecule has 2 unspecified atom stereocenters. The molecule has 98 valence electrons. The van der Waals surface area contributed by atoms with E-state index in [0.717, 1.165) is 30.5 Å². The molecule has 0 spiro atoms. The normalized spacial score (nSPS) is 21.5. The zero-order valence-electron chi connectivity index (χ0n) is 11.1. The lowest BCUT2D eigenvalue weighted by molar-refractivity contribution is 0.0185. The van der Waals surface area contributed by atoms with Gasteiger partial charge >= 0.3 is 0 Å². The Hall–Kier alpha value is -1.74. The molecule has 1 aliphatic rings. The molecule has 0 saturated carbocycles. The maximum Gasteiger partial charge on any atom is 0.0966 e. The second-order valence-electron chi connectivity index (χ2n) is 5.38. The second kappa shape index (κ2) is 4.74. The van der Waals surface area contributed by atoms with Gasteiger partial charge in [0.05, 0.1) is 5.60 Å². The summed E-state index contributed by atoms with van der Waals surface area (Å²) in [6.45, 7) is 1.87. The standard InChI is InChI=1S/C16H18N2O/c1-16(19,13-7-4-9-17-11-13)14-8-2-5-12-6-3-10-18-15(12)14/h3-4,6-7,9-11,14,19H,2,5,8H2,1H3. The molecular weight excluding hydrogens is 236 g/mol. The average molecular weight is 254 g/mol. The number of aliphatic hydroxyl groups is 1. The molecule has 2 aromatic heterocycles. The fourth-order valence-corrected chi connectivity index (χ4v) is 3.02. The Bertz CT molecular complexity index is 566. The van der Waals surface area contributed by atoms with Gasteiger partial charge in [0, 0.05) is 35.8 Å². The van der Waals surface area contributed by atoms with Gasteiger partial charge in [0.15, 0.2) is 0 Å². The van der Waals surface area contributed by atoms with Crippen LogP contribution in [0.25, 0.3) is 0 Å². The van der Waals surface area contributed by atoms with Crippen LogP contribution in [0.1, 0.15) is 42.5 Å². The van der Waals surface area contributed by atoms with E-state index in [9.17, 15) is 5.11 Å². The van der Waals surface area contributed by atoms with Gasteiger partial charge < -0.3 is 5.11 Å². The maximum absolute atomic E-state index is 11.0. The van der Waals surface area contributed by atoms with Crippen molar-refractivity contribution in [2.45, 2.75) is 37.7 Å². The van der Waals surface area contributed by atoms with E-state index in [1.165, 1.54) is 5.56 Å². The zero-order valence-corrected chi connectivity index (χ0v) is 11.1. The van der Waals surface area contributed by atoms with Gasteiger partial charge in [-0.3, -0.25) is 9.97 Å². The lowest BCUT2D eigenvalue weighted by atomic mass is 9.74. The van der Waals surface area contributed by atoms with Gasteiger partial charge in [-0.05, 0) is 43.9 Å². The van der Waals surface area contributed by atoms with Crippen LogP contribution in [0.4, 0.5) is 0 Å². The number of pyridine rings is 2. The van der Waals surface area contributed by atoms with Gasteiger partial charge in [-0.2, -0.15) is 0 Å². The molecule has 0 aliphatic heterocycles. The van der Waals surface area contributed by atoms with Crippen LogP contribution in [0.2, 0.25) is 0 Å². The first-order chi connectivity index (χ1) is 9.19. The fourth-order valence-electron chi connectivity index (χ4n) is 3.02. The van der Waals surface area contributed by atoms with Gasteiger partial charge in [-0.15, -0.1) is 0 Å². The first kappa shape index (κ1) is 12.3. The molecule has 0 aromatic carbocycles. The average Bonchev–Trinajstić information content (AvgIpc) is 2.47. The number of fused-ring (bicyclic) bond motifs is 1. The van der Waals surface area contributed by atoms with Crippen LogP contribution in [0.5, 0.6) is 0 Å². The van der Waals surface area contributed by atoms with E-state index < -0.39 is 5.60 Å². The molecule has 3 heteroatoms. The Labute approximate surface area is 113 Å². The maximum atomic E-state index is 11.0. The largest absolute Gasteiger partial charge is 0.385 e. The summed E-state index contributed by atoms with van der Waals surface area (Å²) < 4.78 is 0. The Morgan fingerprint density at radius 3 is 2.89 bits per heavy atom. The second-order valence-corrected chi connectivity index (χ2v) is 5.38. The van der Waals surface area contributed by atoms with E-state index in [0.29, 0.717) is 0 Å². The molecular formula is C16H18N2O. The lowest BCUT2D eigenvalue weighted by Crippen LogP contribution is -2.33. The first-order valence-electron chi connectivity index (χ1n) is 6.76. The topological polar surface area (TPSA) is 46.0 Å². The van der Waals surface area contributed by atoms with Gasteiger partial charge in [0.25, 0.3) is 0 Å². The number of hydrogen-bond acceptors (Lipinski definition) is 3. The summed E-state index contributed by atoms with van der Waals surface area (Å²) in [7, 11) is 0. The van der Waals surface area contributed by atoms with Gasteiger partial charge in [0.2, 0.25) is 0 Å². The third-order valence-electron chi connectivity index (χ3n) is 4.12. The van der Waals surface area contributed by atoms with E-state index in [4.69, 9.17) is 0 Å². The van der Waals surface area contributed by atoms with Crippen LogP contribution in [0.15, 0.2) is 42.9 Å². The fraction of sp³-hybridized carbons (Fsp3) is 0.375. The summed E-state index contributed by atoms with van der Waals surface area (Å²) in [5.41, 5.74) is 2.25. The molecule has 0 saturated heterocycles. The molecule has 0 bridgehead atoms. The van der Waals surface area contributed by atoms with E-state index in [1.54, 1.807) is 12.4 Å². The van der Waals surface area contributed by atoms with Crippen LogP contribution in [0.3, 0.4) is 0 Å². The van der Waals surface area contributed by atoms with E-state index in [1.807, 2.05) is 31.3 Å². The van der Waals surface area contributed by atoms with Crippen LogP contribution < -0.4 is 0 Å². The summed E-state index contributed by atoms with van der Waals surface area (Å²) in [5, 5.41) is 11.0. The number of nitrogens with zero attached hydrogens (tertiary/aromatic N) is 2. The van der Waals surface area contributed by atoms with Crippen molar-refractivity contribution in [2.24, 2.45) is 0 Å². The molecule has 2 atom stereocenters. The summed E-state index contributed by atoms with van der Waals surface area (Å²) in [6, 6.07) is 7.89. The van der Waals surface area contributed by atoms with Gasteiger partial charge in [0.1, 0.15) is 0 Å². The number of rotatable bonds is 2. The Morgan fingerprint density at radius 1 is 1.26 bits per heavy atom. The van der Waals surface area contributed by atoms with Crippen molar-refractivity contribution in [3.05, 3.63) is 59.7 Å². The third kappa shape index (κ3) is 2.15. The molecule has 1 aliphatic carbocycles. The Morgan fingerprint density at radius 2 is 2.11 bits per heavy atom. The smallest absolute Gasteiger partial charge is 0.0966 e. The van der Waals surface area contributed by atoms with Crippen LogP contribution in [-0.4, -0.2) is 15.1 Å². The minimum atomic E-state index is -0.919. The number of hydrogen-bond donors (Lipinski definition) is 1. The molecule has 1 N–H and O–H groups in total. The highest BCUT2D eigenvalue weighted by Crippen LogP contribution is 2.42. The molecule has 0 radical (unpaired) electrons. The summed E-state index contributed by atoms with van der Waals surface area (Å²) in [4.78, 5) is 8.63. The van der Waals surface area contributed by atoms with Gasteiger partial charge in [-0.1, -0.05) is 12.1 Å². The highest BCUT2D eigenvalue weighted by molar-refractivity contribution is 5.32.